The summed E-state index contributed by atoms with van der Waals surface area (Å²) in [4.78, 5) is 35.2. The molecule has 0 aliphatic carbocycles. The first-order valence-electron chi connectivity index (χ1n) is 7.81. The predicted octanol–water partition coefficient (Wildman–Crippen LogP) is 2.28. The molecule has 9 nitrogen and oxygen atoms in total. The summed E-state index contributed by atoms with van der Waals surface area (Å²) in [5.41, 5.74) is 0.519. The lowest BCUT2D eigenvalue weighted by Crippen LogP contribution is -2.11. The van der Waals surface area contributed by atoms with E-state index >= 15 is 0 Å². The fourth-order valence-electron chi connectivity index (χ4n) is 2.69. The highest BCUT2D eigenvalue weighted by Gasteiger charge is 2.25. The molecule has 0 amide bonds. The van der Waals surface area contributed by atoms with Crippen molar-refractivity contribution in [3.63, 3.8) is 0 Å². The average Bonchev–Trinajstić information content (AvgIpc) is 3.13. The molecule has 2 aromatic carbocycles. The number of ether oxygens (including phenoxy) is 4. The molecule has 0 saturated heterocycles. The summed E-state index contributed by atoms with van der Waals surface area (Å²) in [6.45, 7) is 0.00992. The van der Waals surface area contributed by atoms with Crippen LogP contribution >= 0.6 is 0 Å². The molecule has 0 fully saturated rings. The van der Waals surface area contributed by atoms with Gasteiger partial charge >= 0.3 is 11.7 Å². The number of carbonyl (C=O) groups excluding carboxylic acids is 2. The molecule has 1 aliphatic rings. The van der Waals surface area contributed by atoms with Crippen LogP contribution in [-0.2, 0) is 16.0 Å². The number of nitro groups is 1. The van der Waals surface area contributed by atoms with Gasteiger partial charge in [-0.1, -0.05) is 0 Å². The second-order valence-electron chi connectivity index (χ2n) is 5.59. The van der Waals surface area contributed by atoms with Crippen LogP contribution in [0, 0.1) is 10.1 Å². The minimum Gasteiger partial charge on any atom is -0.490 e. The van der Waals surface area contributed by atoms with Crippen molar-refractivity contribution in [1.29, 1.82) is 0 Å². The van der Waals surface area contributed by atoms with Gasteiger partial charge in [-0.3, -0.25) is 19.7 Å². The Bertz CT molecular complexity index is 937. The molecule has 140 valence electrons. The first kappa shape index (κ1) is 18.2. The number of hydrogen-bond donors (Lipinski definition) is 0. The topological polar surface area (TPSA) is 114 Å². The highest BCUT2D eigenvalue weighted by molar-refractivity contribution is 6.11. The van der Waals surface area contributed by atoms with Gasteiger partial charge in [0.05, 0.1) is 25.6 Å². The summed E-state index contributed by atoms with van der Waals surface area (Å²) in [7, 11) is 2.53. The molecule has 0 bridgehead atoms. The number of ketones is 1. The zero-order valence-electron chi connectivity index (χ0n) is 14.5. The van der Waals surface area contributed by atoms with Gasteiger partial charge in [-0.2, -0.15) is 0 Å². The third-order valence-corrected chi connectivity index (χ3v) is 4.04. The van der Waals surface area contributed by atoms with E-state index in [1.54, 1.807) is 6.07 Å². The summed E-state index contributed by atoms with van der Waals surface area (Å²) in [6.07, 6.45) is -0.141. The molecule has 0 N–H and O–H groups in total. The van der Waals surface area contributed by atoms with Crippen molar-refractivity contribution in [2.75, 3.05) is 21.0 Å². The monoisotopic (exact) mass is 373 g/mol. The Balaban J connectivity index is 2.06. The van der Waals surface area contributed by atoms with Crippen molar-refractivity contribution in [3.8, 4) is 17.2 Å². The van der Waals surface area contributed by atoms with Crippen LogP contribution < -0.4 is 14.2 Å². The normalized spacial score (nSPS) is 11.8. The van der Waals surface area contributed by atoms with Crippen molar-refractivity contribution in [3.05, 3.63) is 57.1 Å². The number of esters is 1. The zero-order valence-corrected chi connectivity index (χ0v) is 14.5. The molecule has 0 atom stereocenters. The third kappa shape index (κ3) is 3.52. The molecule has 0 unspecified atom stereocenters. The highest BCUT2D eigenvalue weighted by Crippen LogP contribution is 2.36. The SMILES string of the molecule is COC(=O)Cc1cc2c(cc1C(=O)c1ccc([N+](=O)[O-])c(OC)c1)OCO2. The summed E-state index contributed by atoms with van der Waals surface area (Å²) in [6, 6.07) is 6.84. The molecule has 0 spiro atoms. The standard InChI is InChI=1S/C18H15NO8/c1-24-14-5-10(3-4-13(14)19(22)23)18(21)12-8-16-15(26-9-27-16)6-11(12)7-17(20)25-2/h3-6,8H,7,9H2,1-2H3. The minimum atomic E-state index is -0.601. The molecule has 2 aromatic rings. The molecule has 9 heteroatoms. The van der Waals surface area contributed by atoms with Crippen molar-refractivity contribution >= 4 is 17.4 Å². The van der Waals surface area contributed by atoms with E-state index in [-0.39, 0.29) is 35.8 Å². The van der Waals surface area contributed by atoms with E-state index in [0.717, 1.165) is 0 Å². The van der Waals surface area contributed by atoms with Crippen LogP contribution in [0.5, 0.6) is 17.2 Å². The first-order chi connectivity index (χ1) is 12.9. The molecule has 0 saturated carbocycles. The number of nitro benzene ring substituents is 1. The maximum atomic E-state index is 13.0. The largest absolute Gasteiger partial charge is 0.490 e. The Kier molecular flexibility index (Phi) is 4.93. The number of carbonyl (C=O) groups is 2. The third-order valence-electron chi connectivity index (χ3n) is 4.04. The Morgan fingerprint density at radius 1 is 1.15 bits per heavy atom. The molecular formula is C18H15NO8. The van der Waals surface area contributed by atoms with Crippen LogP contribution in [-0.4, -0.2) is 37.7 Å². The summed E-state index contributed by atoms with van der Waals surface area (Å²) < 4.78 is 20.3. The fraction of sp³-hybridized carbons (Fsp3) is 0.222. The quantitative estimate of drug-likeness (QED) is 0.328. The lowest BCUT2D eigenvalue weighted by molar-refractivity contribution is -0.385. The van der Waals surface area contributed by atoms with Gasteiger partial charge in [-0.15, -0.1) is 0 Å². The average molecular weight is 373 g/mol. The molecule has 1 heterocycles. The molecule has 3 rings (SSSR count). The van der Waals surface area contributed by atoms with Gasteiger partial charge in [0, 0.05) is 17.2 Å². The second-order valence-corrected chi connectivity index (χ2v) is 5.59. The minimum absolute atomic E-state index is 0.00992. The Morgan fingerprint density at radius 3 is 2.48 bits per heavy atom. The lowest BCUT2D eigenvalue weighted by atomic mass is 9.95. The van der Waals surface area contributed by atoms with Crippen molar-refractivity contribution in [2.45, 2.75) is 6.42 Å². The van der Waals surface area contributed by atoms with Crippen molar-refractivity contribution in [2.24, 2.45) is 0 Å². The van der Waals surface area contributed by atoms with Crippen LogP contribution in [0.25, 0.3) is 0 Å². The van der Waals surface area contributed by atoms with Gasteiger partial charge in [0.25, 0.3) is 0 Å². The van der Waals surface area contributed by atoms with Gasteiger partial charge < -0.3 is 18.9 Å². The first-order valence-corrected chi connectivity index (χ1v) is 7.81. The molecule has 1 aliphatic heterocycles. The Labute approximate surface area is 153 Å². The van der Waals surface area contributed by atoms with E-state index in [1.165, 1.54) is 38.5 Å². The second kappa shape index (κ2) is 7.32. The van der Waals surface area contributed by atoms with E-state index in [9.17, 15) is 19.7 Å². The maximum absolute atomic E-state index is 13.0. The number of fused-ring (bicyclic) bond motifs is 1. The van der Waals surface area contributed by atoms with Gasteiger partial charge in [-0.25, -0.2) is 0 Å². The van der Waals surface area contributed by atoms with Gasteiger partial charge in [0.1, 0.15) is 0 Å². The lowest BCUT2D eigenvalue weighted by Gasteiger charge is -2.11. The highest BCUT2D eigenvalue weighted by atomic mass is 16.7. The van der Waals surface area contributed by atoms with E-state index < -0.39 is 16.7 Å². The molecular weight excluding hydrogens is 358 g/mol. The summed E-state index contributed by atoms with van der Waals surface area (Å²) >= 11 is 0. The number of methoxy groups -OCH3 is 2. The number of hydrogen-bond acceptors (Lipinski definition) is 8. The zero-order chi connectivity index (χ0) is 19.6. The Hall–Kier alpha value is -3.62. The summed E-state index contributed by atoms with van der Waals surface area (Å²) in [5.74, 6) is -0.210. The van der Waals surface area contributed by atoms with Gasteiger partial charge in [-0.05, 0) is 29.8 Å². The fourth-order valence-corrected chi connectivity index (χ4v) is 2.69. The number of benzene rings is 2. The van der Waals surface area contributed by atoms with Crippen LogP contribution in [0.2, 0.25) is 0 Å². The van der Waals surface area contributed by atoms with E-state index in [0.29, 0.717) is 17.1 Å². The molecule has 0 radical (unpaired) electrons. The van der Waals surface area contributed by atoms with Crippen LogP contribution in [0.1, 0.15) is 21.5 Å². The smallest absolute Gasteiger partial charge is 0.310 e. The van der Waals surface area contributed by atoms with E-state index in [4.69, 9.17) is 14.2 Å². The van der Waals surface area contributed by atoms with Crippen molar-refractivity contribution in [1.82, 2.24) is 0 Å². The Morgan fingerprint density at radius 2 is 1.85 bits per heavy atom. The van der Waals surface area contributed by atoms with Crippen LogP contribution in [0.3, 0.4) is 0 Å². The van der Waals surface area contributed by atoms with E-state index in [1.807, 2.05) is 0 Å². The maximum Gasteiger partial charge on any atom is 0.310 e. The van der Waals surface area contributed by atoms with Gasteiger partial charge in [0.2, 0.25) is 6.79 Å². The van der Waals surface area contributed by atoms with E-state index in [2.05, 4.69) is 4.74 Å². The number of rotatable bonds is 6. The van der Waals surface area contributed by atoms with Crippen LogP contribution in [0.4, 0.5) is 5.69 Å². The summed E-state index contributed by atoms with van der Waals surface area (Å²) in [5, 5.41) is 11.0. The predicted molar refractivity (Wildman–Crippen MR) is 91.4 cm³/mol. The van der Waals surface area contributed by atoms with Crippen LogP contribution in [0.15, 0.2) is 30.3 Å². The van der Waals surface area contributed by atoms with Gasteiger partial charge in [0.15, 0.2) is 23.0 Å². The molecule has 0 aromatic heterocycles. The molecule has 27 heavy (non-hydrogen) atoms. The van der Waals surface area contributed by atoms with Crippen molar-refractivity contribution < 1.29 is 33.5 Å². The number of nitrogens with zero attached hydrogens (tertiary/aromatic N) is 1.